The van der Waals surface area contributed by atoms with Crippen LogP contribution in [0.25, 0.3) is 0 Å². The lowest BCUT2D eigenvalue weighted by Gasteiger charge is -2.08. The first-order chi connectivity index (χ1) is 14.6. The van der Waals surface area contributed by atoms with Gasteiger partial charge in [0.1, 0.15) is 5.25 Å². The topological polar surface area (TPSA) is 74.6 Å². The summed E-state index contributed by atoms with van der Waals surface area (Å²) in [5.74, 6) is -1.19. The van der Waals surface area contributed by atoms with Crippen molar-refractivity contribution in [3.05, 3.63) is 0 Å². The zero-order valence-corrected chi connectivity index (χ0v) is 20.9. The van der Waals surface area contributed by atoms with Gasteiger partial charge in [0, 0.05) is 5.75 Å². The van der Waals surface area contributed by atoms with Crippen LogP contribution < -0.4 is 0 Å². The Morgan fingerprint density at radius 1 is 0.633 bits per heavy atom. The third kappa shape index (κ3) is 22.3. The molecule has 6 heteroatoms. The number of rotatable bonds is 24. The summed E-state index contributed by atoms with van der Waals surface area (Å²) >= 11 is 0. The van der Waals surface area contributed by atoms with E-state index in [0.717, 1.165) is 12.2 Å². The van der Waals surface area contributed by atoms with Crippen LogP contribution in [0.3, 0.4) is 0 Å². The van der Waals surface area contributed by atoms with E-state index in [2.05, 4.69) is 6.92 Å². The Kier molecular flexibility index (Phi) is 23.0. The summed E-state index contributed by atoms with van der Waals surface area (Å²) in [7, 11) is 2.68. The van der Waals surface area contributed by atoms with Crippen molar-refractivity contribution in [3.63, 3.8) is 0 Å². The number of hydrogen-bond acceptors (Lipinski definition) is 4. The maximum absolute atomic E-state index is 11.0. The molecule has 0 aromatic carbocycles. The summed E-state index contributed by atoms with van der Waals surface area (Å²) in [5.41, 5.74) is 0. The fourth-order valence-electron chi connectivity index (χ4n) is 3.51. The van der Waals surface area contributed by atoms with E-state index in [4.69, 9.17) is 10.2 Å². The molecule has 0 bridgehead atoms. The Balaban J connectivity index is 3.21. The average molecular weight is 463 g/mol. The van der Waals surface area contributed by atoms with Crippen molar-refractivity contribution in [2.24, 2.45) is 0 Å². The van der Waals surface area contributed by atoms with Gasteiger partial charge in [0.25, 0.3) is 0 Å². The standard InChI is InChI=1S/C24H46O4S2/c1-2-3-4-5-6-7-8-9-10-11-12-13-14-15-16-17-18-19-20-29-30-22(24(27)28)21-23(25)26/h22H,2-21H2,1H3,(H,25,26)(H,27,28). The monoisotopic (exact) mass is 462 g/mol. The minimum absolute atomic E-state index is 0.313. The minimum atomic E-state index is -1.05. The van der Waals surface area contributed by atoms with E-state index < -0.39 is 17.2 Å². The van der Waals surface area contributed by atoms with Gasteiger partial charge in [-0.3, -0.25) is 9.59 Å². The summed E-state index contributed by atoms with van der Waals surface area (Å²) in [6, 6.07) is 0. The zero-order chi connectivity index (χ0) is 22.3. The molecule has 0 saturated carbocycles. The summed E-state index contributed by atoms with van der Waals surface area (Å²) in [5, 5.41) is 16.9. The third-order valence-corrected chi connectivity index (χ3v) is 8.20. The van der Waals surface area contributed by atoms with E-state index in [1.165, 1.54) is 131 Å². The highest BCUT2D eigenvalue weighted by atomic mass is 33.1. The molecule has 0 spiro atoms. The fraction of sp³-hybridized carbons (Fsp3) is 0.917. The molecular formula is C24H46O4S2. The number of carboxylic acids is 2. The molecule has 0 aliphatic rings. The molecule has 178 valence electrons. The van der Waals surface area contributed by atoms with Gasteiger partial charge in [-0.05, 0) is 6.42 Å². The maximum Gasteiger partial charge on any atom is 0.318 e. The highest BCUT2D eigenvalue weighted by molar-refractivity contribution is 8.77. The molecule has 30 heavy (non-hydrogen) atoms. The number of hydrogen-bond donors (Lipinski definition) is 2. The average Bonchev–Trinajstić information content (AvgIpc) is 2.71. The van der Waals surface area contributed by atoms with Gasteiger partial charge < -0.3 is 10.2 Å². The van der Waals surface area contributed by atoms with Crippen molar-refractivity contribution < 1.29 is 19.8 Å². The largest absolute Gasteiger partial charge is 0.481 e. The van der Waals surface area contributed by atoms with Gasteiger partial charge in [0.2, 0.25) is 0 Å². The number of carboxylic acid groups (broad SMARTS) is 2. The number of carbonyl (C=O) groups is 2. The van der Waals surface area contributed by atoms with Crippen molar-refractivity contribution in [1.29, 1.82) is 0 Å². The van der Waals surface area contributed by atoms with Gasteiger partial charge in [-0.25, -0.2) is 0 Å². The molecule has 0 aromatic rings. The Hall–Kier alpha value is -0.360. The lowest BCUT2D eigenvalue weighted by atomic mass is 10.0. The molecule has 2 N–H and O–H groups in total. The zero-order valence-electron chi connectivity index (χ0n) is 19.2. The van der Waals surface area contributed by atoms with Crippen LogP contribution in [-0.4, -0.2) is 33.2 Å². The second-order valence-corrected chi connectivity index (χ2v) is 11.0. The molecule has 4 nitrogen and oxygen atoms in total. The number of unbranched alkanes of at least 4 members (excludes halogenated alkanes) is 17. The quantitative estimate of drug-likeness (QED) is 0.111. The third-order valence-electron chi connectivity index (χ3n) is 5.40. The molecule has 0 heterocycles. The Bertz CT molecular complexity index is 405. The van der Waals surface area contributed by atoms with Gasteiger partial charge >= 0.3 is 11.9 Å². The van der Waals surface area contributed by atoms with Crippen LogP contribution in [-0.2, 0) is 9.59 Å². The molecule has 0 saturated heterocycles. The molecule has 0 rings (SSSR count). The van der Waals surface area contributed by atoms with Crippen molar-refractivity contribution >= 4 is 33.5 Å². The Morgan fingerprint density at radius 2 is 1.00 bits per heavy atom. The number of aliphatic carboxylic acids is 2. The van der Waals surface area contributed by atoms with Crippen LogP contribution in [0.5, 0.6) is 0 Å². The van der Waals surface area contributed by atoms with Crippen molar-refractivity contribution in [2.45, 2.75) is 134 Å². The van der Waals surface area contributed by atoms with Gasteiger partial charge in [-0.15, -0.1) is 0 Å². The fourth-order valence-corrected chi connectivity index (χ4v) is 5.98. The van der Waals surface area contributed by atoms with E-state index in [9.17, 15) is 9.59 Å². The first-order valence-corrected chi connectivity index (χ1v) is 14.7. The van der Waals surface area contributed by atoms with Gasteiger partial charge in [0.15, 0.2) is 0 Å². The molecule has 0 fully saturated rings. The minimum Gasteiger partial charge on any atom is -0.481 e. The van der Waals surface area contributed by atoms with E-state index in [0.29, 0.717) is 0 Å². The predicted octanol–water partition coefficient (Wildman–Crippen LogP) is 8.34. The van der Waals surface area contributed by atoms with Gasteiger partial charge in [-0.2, -0.15) is 0 Å². The van der Waals surface area contributed by atoms with Gasteiger partial charge in [-0.1, -0.05) is 138 Å². The second kappa shape index (κ2) is 23.3. The van der Waals surface area contributed by atoms with Crippen LogP contribution in [0.4, 0.5) is 0 Å². The second-order valence-electron chi connectivity index (χ2n) is 8.35. The predicted molar refractivity (Wildman–Crippen MR) is 133 cm³/mol. The van der Waals surface area contributed by atoms with Crippen molar-refractivity contribution in [3.8, 4) is 0 Å². The molecule has 0 aromatic heterocycles. The molecule has 0 radical (unpaired) electrons. The van der Waals surface area contributed by atoms with Crippen molar-refractivity contribution in [1.82, 2.24) is 0 Å². The summed E-state index contributed by atoms with van der Waals surface area (Å²) in [6.07, 6.45) is 24.1. The molecule has 0 amide bonds. The van der Waals surface area contributed by atoms with E-state index in [-0.39, 0.29) is 6.42 Å². The first-order valence-electron chi connectivity index (χ1n) is 12.3. The Labute approximate surface area is 193 Å². The van der Waals surface area contributed by atoms with Gasteiger partial charge in [0.05, 0.1) is 6.42 Å². The van der Waals surface area contributed by atoms with E-state index in [1.807, 2.05) is 0 Å². The molecule has 1 atom stereocenters. The highest BCUT2D eigenvalue weighted by Gasteiger charge is 2.21. The van der Waals surface area contributed by atoms with Crippen LogP contribution in [0.2, 0.25) is 0 Å². The van der Waals surface area contributed by atoms with Crippen LogP contribution in [0, 0.1) is 0 Å². The molecule has 0 aliphatic heterocycles. The van der Waals surface area contributed by atoms with Crippen LogP contribution in [0.1, 0.15) is 129 Å². The SMILES string of the molecule is CCCCCCCCCCCCCCCCCCCCSSC(CC(=O)O)C(=O)O. The molecule has 1 unspecified atom stereocenters. The Morgan fingerprint density at radius 3 is 1.33 bits per heavy atom. The normalized spacial score (nSPS) is 12.2. The molecular weight excluding hydrogens is 416 g/mol. The summed E-state index contributed by atoms with van der Waals surface area (Å²) in [4.78, 5) is 21.6. The summed E-state index contributed by atoms with van der Waals surface area (Å²) in [6.45, 7) is 2.27. The maximum atomic E-state index is 11.0. The van der Waals surface area contributed by atoms with Crippen LogP contribution in [0.15, 0.2) is 0 Å². The smallest absolute Gasteiger partial charge is 0.318 e. The molecule has 0 aliphatic carbocycles. The highest BCUT2D eigenvalue weighted by Crippen LogP contribution is 2.30. The van der Waals surface area contributed by atoms with Crippen molar-refractivity contribution in [2.75, 3.05) is 5.75 Å². The lowest BCUT2D eigenvalue weighted by Crippen LogP contribution is -2.19. The van der Waals surface area contributed by atoms with Crippen LogP contribution >= 0.6 is 21.6 Å². The van der Waals surface area contributed by atoms with E-state index in [1.54, 1.807) is 0 Å². The summed E-state index contributed by atoms with van der Waals surface area (Å²) < 4.78 is 0. The lowest BCUT2D eigenvalue weighted by molar-refractivity contribution is -0.142. The first kappa shape index (κ1) is 29.6. The van der Waals surface area contributed by atoms with E-state index >= 15 is 0 Å².